The summed E-state index contributed by atoms with van der Waals surface area (Å²) in [6.07, 6.45) is 0. The number of fused-ring (bicyclic) bond motifs is 14. The standard InChI is InChI=1S/C65H41NS/c1-3-17-44(18-4-1)50-38-39-51(45-19-5-2-6-20-45)64-62(50)56-25-15-29-61(63(56)67-64)66(48-34-32-43(33-35-48)47-31-30-42-16-7-8-21-46(42)40-47)49-36-37-55-54-24-11-14-28-59(54)65(60(55)41-49)57-26-12-9-22-52(57)53-23-10-13-27-58(53)65/h1-41H. The van der Waals surface area contributed by atoms with Crippen LogP contribution in [0.3, 0.4) is 0 Å². The second-order valence-corrected chi connectivity index (χ2v) is 18.9. The molecule has 0 N–H and O–H groups in total. The van der Waals surface area contributed by atoms with Crippen molar-refractivity contribution in [3.8, 4) is 55.6 Å². The highest BCUT2D eigenvalue weighted by molar-refractivity contribution is 7.27. The molecule has 14 rings (SSSR count). The predicted octanol–water partition coefficient (Wildman–Crippen LogP) is 18.0. The fourth-order valence-electron chi connectivity index (χ4n) is 11.6. The van der Waals surface area contributed by atoms with Crippen molar-refractivity contribution >= 4 is 59.3 Å². The van der Waals surface area contributed by atoms with Crippen molar-refractivity contribution in [3.05, 3.63) is 271 Å². The Morgan fingerprint density at radius 2 is 0.821 bits per heavy atom. The Labute approximate surface area is 394 Å². The van der Waals surface area contributed by atoms with E-state index < -0.39 is 5.41 Å². The molecule has 0 amide bonds. The molecular weight excluding hydrogens is 827 g/mol. The molecule has 0 bridgehead atoms. The van der Waals surface area contributed by atoms with E-state index in [9.17, 15) is 0 Å². The zero-order chi connectivity index (χ0) is 44.1. The molecule has 1 nitrogen and oxygen atoms in total. The number of anilines is 3. The van der Waals surface area contributed by atoms with Crippen LogP contribution in [0.4, 0.5) is 17.1 Å². The summed E-state index contributed by atoms with van der Waals surface area (Å²) in [6.45, 7) is 0. The molecule has 0 fully saturated rings. The monoisotopic (exact) mass is 867 g/mol. The first-order chi connectivity index (χ1) is 33.2. The molecule has 0 radical (unpaired) electrons. The van der Waals surface area contributed by atoms with Crippen molar-refractivity contribution in [1.29, 1.82) is 0 Å². The molecule has 1 heterocycles. The number of nitrogens with zero attached hydrogens (tertiary/aromatic N) is 1. The molecule has 1 spiro atoms. The summed E-state index contributed by atoms with van der Waals surface area (Å²) in [4.78, 5) is 2.52. The van der Waals surface area contributed by atoms with E-state index in [0.29, 0.717) is 0 Å². The predicted molar refractivity (Wildman–Crippen MR) is 284 cm³/mol. The molecule has 67 heavy (non-hydrogen) atoms. The summed E-state index contributed by atoms with van der Waals surface area (Å²) < 4.78 is 2.55. The lowest BCUT2D eigenvalue weighted by Crippen LogP contribution is -2.26. The van der Waals surface area contributed by atoms with E-state index >= 15 is 0 Å². The SMILES string of the molecule is c1ccc(-c2ccc(-c3ccccc3)c3c2sc2c(N(c4ccc(-c5ccc6ccccc6c5)cc4)c4ccc5c(c4)C4(c6ccccc6-c6ccccc64)c4ccccc4-5)cccc23)cc1. The van der Waals surface area contributed by atoms with E-state index in [4.69, 9.17) is 0 Å². The average Bonchev–Trinajstić information content (AvgIpc) is 4.04. The van der Waals surface area contributed by atoms with Crippen LogP contribution in [-0.4, -0.2) is 0 Å². The summed E-state index contributed by atoms with van der Waals surface area (Å²) in [6, 6.07) is 92.5. The van der Waals surface area contributed by atoms with Crippen LogP contribution >= 0.6 is 11.3 Å². The third-order valence-corrected chi connectivity index (χ3v) is 15.7. The highest BCUT2D eigenvalue weighted by Gasteiger charge is 2.51. The molecule has 12 aromatic rings. The lowest BCUT2D eigenvalue weighted by atomic mass is 9.70. The first kappa shape index (κ1) is 38.0. The Morgan fingerprint density at radius 1 is 0.299 bits per heavy atom. The molecule has 0 aliphatic heterocycles. The van der Waals surface area contributed by atoms with Crippen molar-refractivity contribution in [2.45, 2.75) is 5.41 Å². The van der Waals surface area contributed by atoms with E-state index in [2.05, 4.69) is 254 Å². The normalized spacial score (nSPS) is 12.9. The third kappa shape index (κ3) is 5.61. The quantitative estimate of drug-likeness (QED) is 0.161. The zero-order valence-corrected chi connectivity index (χ0v) is 37.3. The number of hydrogen-bond donors (Lipinski definition) is 0. The van der Waals surface area contributed by atoms with Crippen molar-refractivity contribution in [3.63, 3.8) is 0 Å². The average molecular weight is 868 g/mol. The summed E-state index contributed by atoms with van der Waals surface area (Å²) in [5, 5.41) is 5.05. The second-order valence-electron chi connectivity index (χ2n) is 17.9. The highest BCUT2D eigenvalue weighted by atomic mass is 32.1. The van der Waals surface area contributed by atoms with Crippen LogP contribution in [-0.2, 0) is 5.41 Å². The lowest BCUT2D eigenvalue weighted by Gasteiger charge is -2.32. The van der Waals surface area contributed by atoms with Crippen LogP contribution in [0.25, 0.3) is 86.6 Å². The molecule has 0 saturated heterocycles. The maximum absolute atomic E-state index is 2.52. The molecule has 1 aromatic heterocycles. The van der Waals surface area contributed by atoms with Crippen molar-refractivity contribution in [1.82, 2.24) is 0 Å². The fraction of sp³-hybridized carbons (Fsp3) is 0.0154. The van der Waals surface area contributed by atoms with Crippen molar-refractivity contribution in [2.24, 2.45) is 0 Å². The van der Waals surface area contributed by atoms with E-state index in [-0.39, 0.29) is 0 Å². The largest absolute Gasteiger partial charge is 0.309 e. The van der Waals surface area contributed by atoms with Gasteiger partial charge >= 0.3 is 0 Å². The Hall–Kier alpha value is -8.30. The van der Waals surface area contributed by atoms with Gasteiger partial charge in [0, 0.05) is 26.8 Å². The van der Waals surface area contributed by atoms with Gasteiger partial charge in [0.05, 0.1) is 15.8 Å². The molecule has 11 aromatic carbocycles. The zero-order valence-electron chi connectivity index (χ0n) is 36.5. The van der Waals surface area contributed by atoms with Gasteiger partial charge in [-0.3, -0.25) is 0 Å². The molecule has 0 unspecified atom stereocenters. The molecule has 2 aliphatic rings. The molecule has 2 heteroatoms. The molecule has 2 aliphatic carbocycles. The minimum Gasteiger partial charge on any atom is -0.309 e. The number of benzene rings is 11. The van der Waals surface area contributed by atoms with Gasteiger partial charge in [0.15, 0.2) is 0 Å². The summed E-state index contributed by atoms with van der Waals surface area (Å²) in [7, 11) is 0. The van der Waals surface area contributed by atoms with Crippen molar-refractivity contribution in [2.75, 3.05) is 4.90 Å². The van der Waals surface area contributed by atoms with Gasteiger partial charge in [0.25, 0.3) is 0 Å². The first-order valence-electron chi connectivity index (χ1n) is 23.2. The summed E-state index contributed by atoms with van der Waals surface area (Å²) >= 11 is 1.91. The van der Waals surface area contributed by atoms with Gasteiger partial charge in [-0.15, -0.1) is 11.3 Å². The molecule has 312 valence electrons. The van der Waals surface area contributed by atoms with Gasteiger partial charge in [-0.2, -0.15) is 0 Å². The van der Waals surface area contributed by atoms with Gasteiger partial charge in [-0.25, -0.2) is 0 Å². The van der Waals surface area contributed by atoms with Crippen LogP contribution in [0, 0.1) is 0 Å². The minimum absolute atomic E-state index is 0.459. The Morgan fingerprint density at radius 3 is 1.49 bits per heavy atom. The van der Waals surface area contributed by atoms with Gasteiger partial charge in [0.1, 0.15) is 0 Å². The lowest BCUT2D eigenvalue weighted by molar-refractivity contribution is 0.793. The topological polar surface area (TPSA) is 3.24 Å². The van der Waals surface area contributed by atoms with Gasteiger partial charge < -0.3 is 4.90 Å². The highest BCUT2D eigenvalue weighted by Crippen LogP contribution is 2.63. The van der Waals surface area contributed by atoms with Crippen LogP contribution in [0.2, 0.25) is 0 Å². The Balaban J connectivity index is 1.03. The molecule has 0 saturated carbocycles. The van der Waals surface area contributed by atoms with Crippen LogP contribution in [0.5, 0.6) is 0 Å². The van der Waals surface area contributed by atoms with Crippen LogP contribution < -0.4 is 4.90 Å². The van der Waals surface area contributed by atoms with Crippen LogP contribution in [0.15, 0.2) is 249 Å². The van der Waals surface area contributed by atoms with Gasteiger partial charge in [0.2, 0.25) is 0 Å². The summed E-state index contributed by atoms with van der Waals surface area (Å²) in [5.41, 5.74) is 20.9. The van der Waals surface area contributed by atoms with E-state index in [0.717, 1.165) is 17.1 Å². The summed E-state index contributed by atoms with van der Waals surface area (Å²) in [5.74, 6) is 0. The van der Waals surface area contributed by atoms with Gasteiger partial charge in [-0.05, 0) is 125 Å². The molecule has 0 atom stereocenters. The maximum atomic E-state index is 2.52. The number of thiophene rings is 1. The molecular formula is C65H41NS. The smallest absolute Gasteiger partial charge is 0.0726 e. The number of rotatable bonds is 6. The Kier molecular flexibility index (Phi) is 8.44. The van der Waals surface area contributed by atoms with Crippen LogP contribution in [0.1, 0.15) is 22.3 Å². The second kappa shape index (κ2) is 14.9. The van der Waals surface area contributed by atoms with Gasteiger partial charge in [-0.1, -0.05) is 212 Å². The number of hydrogen-bond acceptors (Lipinski definition) is 2. The Bertz CT molecular complexity index is 3860. The maximum Gasteiger partial charge on any atom is 0.0726 e. The first-order valence-corrected chi connectivity index (χ1v) is 24.0. The third-order valence-electron chi connectivity index (χ3n) is 14.5. The minimum atomic E-state index is -0.459. The van der Waals surface area contributed by atoms with Crippen molar-refractivity contribution < 1.29 is 0 Å². The van der Waals surface area contributed by atoms with E-state index in [1.54, 1.807) is 0 Å². The fourth-order valence-corrected chi connectivity index (χ4v) is 13.0. The van der Waals surface area contributed by atoms with E-state index in [1.807, 2.05) is 11.3 Å². The van der Waals surface area contributed by atoms with E-state index in [1.165, 1.54) is 109 Å².